The number of carbonyl (C=O) groups excluding carboxylic acids is 1. The number of para-hydroxylation sites is 1. The molecule has 1 aromatic rings. The van der Waals surface area contributed by atoms with Gasteiger partial charge in [0.15, 0.2) is 0 Å². The molecule has 0 aliphatic carbocycles. The van der Waals surface area contributed by atoms with Crippen molar-refractivity contribution in [1.29, 1.82) is 0 Å². The number of nitrogens with two attached hydrogens (primary N) is 2. The van der Waals surface area contributed by atoms with E-state index in [0.29, 0.717) is 25.1 Å². The van der Waals surface area contributed by atoms with Crippen LogP contribution in [0.3, 0.4) is 0 Å². The molecule has 1 saturated heterocycles. The summed E-state index contributed by atoms with van der Waals surface area (Å²) >= 11 is 0. The quantitative estimate of drug-likeness (QED) is 0.430. The lowest BCUT2D eigenvalue weighted by atomic mass is 10.1. The lowest BCUT2D eigenvalue weighted by molar-refractivity contribution is -0.136. The van der Waals surface area contributed by atoms with Crippen molar-refractivity contribution in [2.24, 2.45) is 11.6 Å². The second kappa shape index (κ2) is 5.02. The zero-order chi connectivity index (χ0) is 13.2. The Morgan fingerprint density at radius 1 is 1.33 bits per heavy atom. The fraction of sp³-hybridized carbons (Fsp3) is 0.364. The number of anilines is 1. The molecule has 7 heteroatoms. The standard InChI is InChI=1S/C11H16N4O2P/c12-11(7-4-8-15(13)10(11)16)18(17)14-9-5-2-1-3-6-9/h1-3,5-6H,4,7-8,12-13H2,(H,14,17)/q+1/t11-/m0/s1. The highest BCUT2D eigenvalue weighted by Crippen LogP contribution is 2.41. The van der Waals surface area contributed by atoms with Gasteiger partial charge in [-0.05, 0) is 23.1 Å². The average Bonchev–Trinajstić information content (AvgIpc) is 2.37. The molecule has 96 valence electrons. The topological polar surface area (TPSA) is 101 Å². The zero-order valence-electron chi connectivity index (χ0n) is 9.87. The summed E-state index contributed by atoms with van der Waals surface area (Å²) in [7, 11) is -2.12. The highest BCUT2D eigenvalue weighted by molar-refractivity contribution is 7.49. The Morgan fingerprint density at radius 3 is 2.67 bits per heavy atom. The van der Waals surface area contributed by atoms with E-state index in [1.807, 2.05) is 18.2 Å². The van der Waals surface area contributed by atoms with Crippen molar-refractivity contribution in [3.8, 4) is 0 Å². The maximum atomic E-state index is 12.3. The fourth-order valence-corrected chi connectivity index (χ4v) is 3.14. The number of amides is 1. The van der Waals surface area contributed by atoms with Gasteiger partial charge in [-0.3, -0.25) is 15.5 Å². The van der Waals surface area contributed by atoms with E-state index in [2.05, 4.69) is 5.09 Å². The first-order valence-corrected chi connectivity index (χ1v) is 6.94. The van der Waals surface area contributed by atoms with E-state index in [1.165, 1.54) is 0 Å². The summed E-state index contributed by atoms with van der Waals surface area (Å²) in [5.74, 6) is 5.06. The molecule has 2 rings (SSSR count). The number of hydrogen-bond acceptors (Lipinski definition) is 4. The van der Waals surface area contributed by atoms with Gasteiger partial charge in [0.05, 0.1) is 5.69 Å². The van der Waals surface area contributed by atoms with Crippen LogP contribution >= 0.6 is 7.95 Å². The molecule has 0 aromatic heterocycles. The van der Waals surface area contributed by atoms with Crippen LogP contribution in [0.1, 0.15) is 12.8 Å². The summed E-state index contributed by atoms with van der Waals surface area (Å²) in [6, 6.07) is 9.01. The van der Waals surface area contributed by atoms with Gasteiger partial charge in [-0.25, -0.2) is 5.84 Å². The first-order chi connectivity index (χ1) is 8.54. The number of rotatable bonds is 3. The lowest BCUT2D eigenvalue weighted by Gasteiger charge is -2.29. The summed E-state index contributed by atoms with van der Waals surface area (Å²) in [6.07, 6.45) is 1.02. The van der Waals surface area contributed by atoms with Crippen LogP contribution in [-0.2, 0) is 9.36 Å². The largest absolute Gasteiger partial charge is 0.492 e. The molecule has 1 heterocycles. The second-order valence-electron chi connectivity index (χ2n) is 4.30. The van der Waals surface area contributed by atoms with Crippen LogP contribution in [-0.4, -0.2) is 22.7 Å². The van der Waals surface area contributed by atoms with Crippen molar-refractivity contribution in [1.82, 2.24) is 5.01 Å². The molecule has 2 atom stereocenters. The number of nitrogens with zero attached hydrogens (tertiary/aromatic N) is 1. The molecular formula is C11H16N4O2P+. The fourth-order valence-electron chi connectivity index (χ4n) is 1.89. The first kappa shape index (κ1) is 13.0. The summed E-state index contributed by atoms with van der Waals surface area (Å²) in [5.41, 5.74) is 6.64. The molecule has 18 heavy (non-hydrogen) atoms. The van der Waals surface area contributed by atoms with E-state index in [9.17, 15) is 9.36 Å². The third-order valence-corrected chi connectivity index (χ3v) is 4.56. The Morgan fingerprint density at radius 2 is 2.00 bits per heavy atom. The minimum absolute atomic E-state index is 0.370. The molecular weight excluding hydrogens is 251 g/mol. The van der Waals surface area contributed by atoms with Gasteiger partial charge < -0.3 is 0 Å². The molecule has 0 spiro atoms. The molecule has 1 aliphatic heterocycles. The Bertz CT molecular complexity index is 467. The normalized spacial score (nSPS) is 24.9. The SMILES string of the molecule is NN1CCC[C@](N)([P+](=O)Nc2ccccc2)C1=O. The van der Waals surface area contributed by atoms with Gasteiger partial charge in [-0.15, -0.1) is 0 Å². The Labute approximate surface area is 106 Å². The summed E-state index contributed by atoms with van der Waals surface area (Å²) in [6.45, 7) is 0.451. The molecule has 1 unspecified atom stereocenters. The van der Waals surface area contributed by atoms with Crippen LogP contribution in [0.5, 0.6) is 0 Å². The van der Waals surface area contributed by atoms with Crippen LogP contribution < -0.4 is 16.7 Å². The Balaban J connectivity index is 2.15. The first-order valence-electron chi connectivity index (χ1n) is 5.68. The minimum atomic E-state index is -2.12. The van der Waals surface area contributed by atoms with Crippen molar-refractivity contribution in [2.75, 3.05) is 11.6 Å². The van der Waals surface area contributed by atoms with Gasteiger partial charge in [-0.1, -0.05) is 18.2 Å². The third-order valence-electron chi connectivity index (χ3n) is 2.95. The molecule has 1 fully saturated rings. The summed E-state index contributed by atoms with van der Waals surface area (Å²) in [5, 5.41) is 2.41. The summed E-state index contributed by atoms with van der Waals surface area (Å²) in [4.78, 5) is 11.9. The number of hydrazine groups is 1. The van der Waals surface area contributed by atoms with Crippen LogP contribution in [0.4, 0.5) is 5.69 Å². The van der Waals surface area contributed by atoms with E-state index in [0.717, 1.165) is 5.01 Å². The molecule has 0 saturated carbocycles. The monoisotopic (exact) mass is 267 g/mol. The average molecular weight is 267 g/mol. The lowest BCUT2D eigenvalue weighted by Crippen LogP contribution is -2.59. The molecule has 1 aliphatic rings. The summed E-state index contributed by atoms with van der Waals surface area (Å²) < 4.78 is 12.3. The van der Waals surface area contributed by atoms with E-state index in [1.54, 1.807) is 12.1 Å². The van der Waals surface area contributed by atoms with Crippen LogP contribution in [0, 0.1) is 0 Å². The van der Waals surface area contributed by atoms with Crippen LogP contribution in [0.2, 0.25) is 0 Å². The number of piperidine rings is 1. The van der Waals surface area contributed by atoms with Crippen molar-refractivity contribution >= 4 is 19.5 Å². The predicted molar refractivity (Wildman–Crippen MR) is 69.7 cm³/mol. The van der Waals surface area contributed by atoms with Gasteiger partial charge in [-0.2, -0.15) is 5.09 Å². The number of benzene rings is 1. The van der Waals surface area contributed by atoms with E-state index < -0.39 is 19.1 Å². The van der Waals surface area contributed by atoms with Gasteiger partial charge in [0.2, 0.25) is 0 Å². The smallest absolute Gasteiger partial charge is 0.275 e. The number of carbonyl (C=O) groups is 1. The second-order valence-corrected chi connectivity index (χ2v) is 5.91. The van der Waals surface area contributed by atoms with E-state index in [-0.39, 0.29) is 0 Å². The molecule has 5 N–H and O–H groups in total. The van der Waals surface area contributed by atoms with Gasteiger partial charge in [0.25, 0.3) is 0 Å². The highest BCUT2D eigenvalue weighted by atomic mass is 31.1. The molecule has 0 radical (unpaired) electrons. The highest BCUT2D eigenvalue weighted by Gasteiger charge is 2.56. The molecule has 6 nitrogen and oxygen atoms in total. The van der Waals surface area contributed by atoms with Crippen molar-refractivity contribution in [3.63, 3.8) is 0 Å². The van der Waals surface area contributed by atoms with Crippen molar-refractivity contribution in [2.45, 2.75) is 18.1 Å². The van der Waals surface area contributed by atoms with Crippen LogP contribution in [0.25, 0.3) is 0 Å². The van der Waals surface area contributed by atoms with Gasteiger partial charge in [0, 0.05) is 13.0 Å². The zero-order valence-corrected chi connectivity index (χ0v) is 10.8. The molecule has 1 aromatic carbocycles. The molecule has 0 bridgehead atoms. The maximum Gasteiger partial charge on any atom is 0.492 e. The number of nitrogens with one attached hydrogen (secondary N) is 1. The molecule has 1 amide bonds. The predicted octanol–water partition coefficient (Wildman–Crippen LogP) is 0.992. The Hall–Kier alpha value is -1.49. The Kier molecular flexibility index (Phi) is 3.61. The minimum Gasteiger partial charge on any atom is -0.275 e. The third kappa shape index (κ3) is 2.36. The van der Waals surface area contributed by atoms with Crippen molar-refractivity contribution < 1.29 is 9.36 Å². The van der Waals surface area contributed by atoms with Crippen molar-refractivity contribution in [3.05, 3.63) is 30.3 Å². The number of hydrogen-bond donors (Lipinski definition) is 3. The van der Waals surface area contributed by atoms with Crippen LogP contribution in [0.15, 0.2) is 30.3 Å². The van der Waals surface area contributed by atoms with E-state index >= 15 is 0 Å². The maximum absolute atomic E-state index is 12.3. The van der Waals surface area contributed by atoms with Gasteiger partial charge >= 0.3 is 19.1 Å². The van der Waals surface area contributed by atoms with E-state index in [4.69, 9.17) is 11.6 Å². The van der Waals surface area contributed by atoms with Gasteiger partial charge in [0.1, 0.15) is 0 Å².